The van der Waals surface area contributed by atoms with Gasteiger partial charge in [0.1, 0.15) is 24.1 Å². The number of non-ortho nitro benzene ring substituents is 2. The number of hydrogen-bond donors (Lipinski definition) is 3. The molecule has 0 radical (unpaired) electrons. The largest absolute Gasteiger partial charge is 0.508 e. The van der Waals surface area contributed by atoms with Crippen LogP contribution < -0.4 is 15.5 Å². The molecule has 3 aromatic rings. The van der Waals surface area contributed by atoms with Crippen molar-refractivity contribution in [1.29, 1.82) is 0 Å². The number of aromatic hydroxyl groups is 1. The molecular formula is C26H23N5O8. The average molecular weight is 533 g/mol. The van der Waals surface area contributed by atoms with E-state index in [-0.39, 0.29) is 17.7 Å². The summed E-state index contributed by atoms with van der Waals surface area (Å²) in [4.78, 5) is 46.5. The molecule has 0 aromatic heterocycles. The van der Waals surface area contributed by atoms with Crippen molar-refractivity contribution < 1.29 is 29.3 Å². The van der Waals surface area contributed by atoms with Gasteiger partial charge in [-0.3, -0.25) is 29.8 Å². The number of carbonyl (C=O) groups is 2. The zero-order chi connectivity index (χ0) is 28.4. The Morgan fingerprint density at radius 2 is 1.62 bits per heavy atom. The van der Waals surface area contributed by atoms with Crippen LogP contribution in [0.3, 0.4) is 0 Å². The molecule has 0 spiro atoms. The lowest BCUT2D eigenvalue weighted by atomic mass is 10.0. The Hall–Kier alpha value is -5.59. The van der Waals surface area contributed by atoms with Gasteiger partial charge < -0.3 is 15.2 Å². The summed E-state index contributed by atoms with van der Waals surface area (Å²) in [6, 6.07) is 14.0. The van der Waals surface area contributed by atoms with Crippen LogP contribution in [-0.4, -0.2) is 45.6 Å². The number of benzene rings is 3. The Bertz CT molecular complexity index is 1370. The zero-order valence-electron chi connectivity index (χ0n) is 20.4. The third-order valence-corrected chi connectivity index (χ3v) is 5.22. The molecule has 0 aliphatic heterocycles. The molecule has 0 heterocycles. The lowest BCUT2D eigenvalue weighted by Gasteiger charge is -2.17. The number of nitrogens with zero attached hydrogens (tertiary/aromatic N) is 3. The molecule has 3 aromatic carbocycles. The van der Waals surface area contributed by atoms with Gasteiger partial charge >= 0.3 is 0 Å². The Kier molecular flexibility index (Phi) is 9.40. The number of phenolic OH excluding ortho intramolecular Hbond substituents is 1. The molecule has 13 heteroatoms. The number of rotatable bonds is 12. The molecule has 39 heavy (non-hydrogen) atoms. The van der Waals surface area contributed by atoms with Gasteiger partial charge in [0.2, 0.25) is 0 Å². The maximum absolute atomic E-state index is 13.0. The molecule has 0 saturated heterocycles. The first-order valence-corrected chi connectivity index (χ1v) is 11.4. The van der Waals surface area contributed by atoms with Gasteiger partial charge in [-0.05, 0) is 47.5 Å². The Labute approximate surface area is 221 Å². The summed E-state index contributed by atoms with van der Waals surface area (Å²) in [5, 5.41) is 38.3. The molecular weight excluding hydrogens is 510 g/mol. The minimum absolute atomic E-state index is 0.00166. The van der Waals surface area contributed by atoms with Crippen molar-refractivity contribution in [3.63, 3.8) is 0 Å². The van der Waals surface area contributed by atoms with Gasteiger partial charge in [-0.2, -0.15) is 5.10 Å². The normalized spacial score (nSPS) is 11.4. The van der Waals surface area contributed by atoms with Crippen LogP contribution in [0, 0.1) is 20.2 Å². The van der Waals surface area contributed by atoms with E-state index in [1.807, 2.05) is 0 Å². The topological polar surface area (TPSA) is 186 Å². The Balaban J connectivity index is 1.79. The number of nitrogens with one attached hydrogen (secondary N) is 2. The fraction of sp³-hybridized carbons (Fsp3) is 0.115. The summed E-state index contributed by atoms with van der Waals surface area (Å²) >= 11 is 0. The van der Waals surface area contributed by atoms with E-state index in [0.29, 0.717) is 23.5 Å². The van der Waals surface area contributed by atoms with Crippen LogP contribution in [0.5, 0.6) is 11.5 Å². The van der Waals surface area contributed by atoms with Gasteiger partial charge in [-0.15, -0.1) is 0 Å². The zero-order valence-corrected chi connectivity index (χ0v) is 20.4. The summed E-state index contributed by atoms with van der Waals surface area (Å²) in [6.07, 6.45) is 2.94. The fourth-order valence-corrected chi connectivity index (χ4v) is 3.31. The number of hydrazone groups is 1. The van der Waals surface area contributed by atoms with E-state index >= 15 is 0 Å². The van der Waals surface area contributed by atoms with E-state index in [1.54, 1.807) is 42.5 Å². The molecule has 1 unspecified atom stereocenters. The lowest BCUT2D eigenvalue weighted by molar-refractivity contribution is -0.394. The third kappa shape index (κ3) is 8.21. The highest BCUT2D eigenvalue weighted by molar-refractivity contribution is 5.98. The van der Waals surface area contributed by atoms with E-state index in [0.717, 1.165) is 18.2 Å². The van der Waals surface area contributed by atoms with Gasteiger partial charge in [0, 0.05) is 18.6 Å². The van der Waals surface area contributed by atoms with Crippen LogP contribution in [0.25, 0.3) is 0 Å². The highest BCUT2D eigenvalue weighted by atomic mass is 16.6. The second-order valence-electron chi connectivity index (χ2n) is 8.05. The van der Waals surface area contributed by atoms with Crippen LogP contribution in [0.4, 0.5) is 11.4 Å². The molecule has 0 aliphatic rings. The summed E-state index contributed by atoms with van der Waals surface area (Å²) in [5.41, 5.74) is 1.86. The van der Waals surface area contributed by atoms with Crippen molar-refractivity contribution in [1.82, 2.24) is 10.7 Å². The maximum atomic E-state index is 13.0. The van der Waals surface area contributed by atoms with E-state index in [9.17, 15) is 34.9 Å². The van der Waals surface area contributed by atoms with Gasteiger partial charge in [-0.25, -0.2) is 5.43 Å². The van der Waals surface area contributed by atoms with Gasteiger partial charge in [0.15, 0.2) is 0 Å². The maximum Gasteiger partial charge on any atom is 0.277 e. The van der Waals surface area contributed by atoms with Crippen molar-refractivity contribution >= 4 is 29.4 Å². The monoisotopic (exact) mass is 533 g/mol. The SMILES string of the molecule is C=CCOc1ccc(/C=N\NC(=O)C(Cc2ccc(O)cc2)NC(=O)c2cc([N+](=O)[O-])cc([N+](=O)[O-])c2)cc1. The van der Waals surface area contributed by atoms with E-state index < -0.39 is 39.1 Å². The van der Waals surface area contributed by atoms with E-state index in [1.165, 1.54) is 18.3 Å². The second kappa shape index (κ2) is 13.1. The van der Waals surface area contributed by atoms with E-state index in [4.69, 9.17) is 4.74 Å². The molecule has 13 nitrogen and oxygen atoms in total. The number of ether oxygens (including phenoxy) is 1. The van der Waals surface area contributed by atoms with Crippen molar-refractivity contribution in [3.05, 3.63) is 116 Å². The van der Waals surface area contributed by atoms with Crippen LogP contribution in [0.1, 0.15) is 21.5 Å². The number of amides is 2. The number of nitro groups is 2. The highest BCUT2D eigenvalue weighted by Crippen LogP contribution is 2.23. The number of nitro benzene ring substituents is 2. The third-order valence-electron chi connectivity index (χ3n) is 5.22. The molecule has 200 valence electrons. The van der Waals surface area contributed by atoms with Gasteiger partial charge in [0.25, 0.3) is 23.2 Å². The minimum Gasteiger partial charge on any atom is -0.508 e. The first kappa shape index (κ1) is 28.0. The molecule has 0 bridgehead atoms. The van der Waals surface area contributed by atoms with Crippen LogP contribution >= 0.6 is 0 Å². The number of phenols is 1. The molecule has 1 atom stereocenters. The molecule has 0 fully saturated rings. The van der Waals surface area contributed by atoms with Crippen LogP contribution in [0.15, 0.2) is 84.5 Å². The molecule has 3 N–H and O–H groups in total. The summed E-state index contributed by atoms with van der Waals surface area (Å²) < 4.78 is 5.40. The summed E-state index contributed by atoms with van der Waals surface area (Å²) in [5.74, 6) is -1.05. The summed E-state index contributed by atoms with van der Waals surface area (Å²) in [7, 11) is 0. The standard InChI is InChI=1S/C26H23N5O8/c1-2-11-39-23-9-5-18(6-10-23)16-27-29-26(34)24(12-17-3-7-22(32)8-4-17)28-25(33)19-13-20(30(35)36)15-21(14-19)31(37)38/h2-10,13-16,24,32H,1,11-12H2,(H,28,33)(H,29,34)/b27-16-. The predicted molar refractivity (Wildman–Crippen MR) is 141 cm³/mol. The van der Waals surface area contributed by atoms with Crippen LogP contribution in [-0.2, 0) is 11.2 Å². The predicted octanol–water partition coefficient (Wildman–Crippen LogP) is 3.26. The molecule has 0 aliphatic carbocycles. The smallest absolute Gasteiger partial charge is 0.277 e. The quantitative estimate of drug-likeness (QED) is 0.137. The first-order chi connectivity index (χ1) is 18.7. The van der Waals surface area contributed by atoms with Crippen LogP contribution in [0.2, 0.25) is 0 Å². The summed E-state index contributed by atoms with van der Waals surface area (Å²) in [6.45, 7) is 3.92. The molecule has 2 amide bonds. The number of hydrogen-bond acceptors (Lipinski definition) is 9. The van der Waals surface area contributed by atoms with Gasteiger partial charge in [0.05, 0.1) is 27.7 Å². The van der Waals surface area contributed by atoms with Crippen molar-refractivity contribution in [2.75, 3.05) is 6.61 Å². The van der Waals surface area contributed by atoms with Crippen molar-refractivity contribution in [3.8, 4) is 11.5 Å². The molecule has 3 rings (SSSR count). The molecule has 0 saturated carbocycles. The van der Waals surface area contributed by atoms with Crippen molar-refractivity contribution in [2.45, 2.75) is 12.5 Å². The second-order valence-corrected chi connectivity index (χ2v) is 8.05. The van der Waals surface area contributed by atoms with Crippen molar-refractivity contribution in [2.24, 2.45) is 5.10 Å². The van der Waals surface area contributed by atoms with Gasteiger partial charge in [-0.1, -0.05) is 24.8 Å². The minimum atomic E-state index is -1.23. The number of carbonyl (C=O) groups excluding carboxylic acids is 2. The Morgan fingerprint density at radius 3 is 2.18 bits per heavy atom. The Morgan fingerprint density at radius 1 is 1.00 bits per heavy atom. The average Bonchev–Trinajstić information content (AvgIpc) is 2.92. The first-order valence-electron chi connectivity index (χ1n) is 11.4. The fourth-order valence-electron chi connectivity index (χ4n) is 3.31. The van der Waals surface area contributed by atoms with E-state index in [2.05, 4.69) is 22.4 Å². The highest BCUT2D eigenvalue weighted by Gasteiger charge is 2.25. The lowest BCUT2D eigenvalue weighted by Crippen LogP contribution is -2.46.